The van der Waals surface area contributed by atoms with Crippen LogP contribution in [0.5, 0.6) is 0 Å². The van der Waals surface area contributed by atoms with Gasteiger partial charge in [0.15, 0.2) is 0 Å². The number of rotatable bonds is 4. The highest BCUT2D eigenvalue weighted by molar-refractivity contribution is 7.99. The summed E-state index contributed by atoms with van der Waals surface area (Å²) in [4.78, 5) is 10.8. The Labute approximate surface area is 77.9 Å². The number of thiol groups is 1. The molecule has 4 heteroatoms. The third-order valence-electron chi connectivity index (χ3n) is 1.41. The van der Waals surface area contributed by atoms with Gasteiger partial charge in [0.05, 0.1) is 5.75 Å². The molecule has 0 unspecified atom stereocenters. The maximum absolute atomic E-state index is 10.8. The highest BCUT2D eigenvalue weighted by atomic mass is 32.2. The van der Waals surface area contributed by atoms with E-state index in [0.29, 0.717) is 6.54 Å². The Hall–Kier alpha value is 0.170. The molecule has 1 N–H and O–H groups in total. The zero-order valence-corrected chi connectivity index (χ0v) is 8.89. The molecular weight excluding hydrogens is 178 g/mol. The smallest absolute Gasteiger partial charge is 0.229 e. The van der Waals surface area contributed by atoms with E-state index in [1.807, 2.05) is 6.26 Å². The fourth-order valence-corrected chi connectivity index (χ4v) is 0.768. The molecule has 0 aliphatic heterocycles. The van der Waals surface area contributed by atoms with Gasteiger partial charge >= 0.3 is 0 Å². The van der Waals surface area contributed by atoms with Crippen LogP contribution in [-0.2, 0) is 4.79 Å². The van der Waals surface area contributed by atoms with E-state index in [-0.39, 0.29) is 16.4 Å². The van der Waals surface area contributed by atoms with E-state index in [1.165, 1.54) is 0 Å². The molecule has 0 heterocycles. The Morgan fingerprint density at radius 2 is 2.18 bits per heavy atom. The van der Waals surface area contributed by atoms with Crippen molar-refractivity contribution in [3.05, 3.63) is 0 Å². The summed E-state index contributed by atoms with van der Waals surface area (Å²) in [6.07, 6.45) is 2.03. The van der Waals surface area contributed by atoms with Crippen LogP contribution < -0.4 is 5.32 Å². The monoisotopic (exact) mass is 193 g/mol. The van der Waals surface area contributed by atoms with E-state index in [2.05, 4.69) is 31.8 Å². The summed E-state index contributed by atoms with van der Waals surface area (Å²) in [5.74, 6) is 0.264. The van der Waals surface area contributed by atoms with Crippen LogP contribution in [0.1, 0.15) is 13.8 Å². The van der Waals surface area contributed by atoms with Crippen molar-refractivity contribution in [3.8, 4) is 0 Å². The summed E-state index contributed by atoms with van der Waals surface area (Å²) in [6.45, 7) is 4.89. The largest absolute Gasteiger partial charge is 0.354 e. The third kappa shape index (κ3) is 5.44. The van der Waals surface area contributed by atoms with Gasteiger partial charge in [-0.1, -0.05) is 0 Å². The van der Waals surface area contributed by atoms with Gasteiger partial charge in [-0.05, 0) is 20.1 Å². The summed E-state index contributed by atoms with van der Waals surface area (Å²) in [7, 11) is 0. The summed E-state index contributed by atoms with van der Waals surface area (Å²) < 4.78 is 0.124. The number of hydrogen-bond donors (Lipinski definition) is 2. The maximum atomic E-state index is 10.8. The second kappa shape index (κ2) is 4.93. The van der Waals surface area contributed by atoms with E-state index in [4.69, 9.17) is 0 Å². The maximum Gasteiger partial charge on any atom is 0.229 e. The first-order valence-electron chi connectivity index (χ1n) is 3.44. The van der Waals surface area contributed by atoms with E-state index in [0.717, 1.165) is 0 Å². The molecule has 0 radical (unpaired) electrons. The Morgan fingerprint density at radius 1 is 1.64 bits per heavy atom. The lowest BCUT2D eigenvalue weighted by Gasteiger charge is -2.21. The van der Waals surface area contributed by atoms with Crippen molar-refractivity contribution in [1.82, 2.24) is 5.32 Å². The van der Waals surface area contributed by atoms with Crippen molar-refractivity contribution in [2.75, 3.05) is 18.6 Å². The lowest BCUT2D eigenvalue weighted by molar-refractivity contribution is -0.118. The SMILES string of the molecule is CSC(C)(C)CNC(=O)CS. The average molecular weight is 193 g/mol. The van der Waals surface area contributed by atoms with Crippen molar-refractivity contribution in [2.24, 2.45) is 0 Å². The molecule has 11 heavy (non-hydrogen) atoms. The molecule has 0 spiro atoms. The van der Waals surface area contributed by atoms with Gasteiger partial charge in [-0.2, -0.15) is 24.4 Å². The standard InChI is InChI=1S/C7H15NOS2/c1-7(2,11-3)5-8-6(9)4-10/h10H,4-5H2,1-3H3,(H,8,9). The first-order chi connectivity index (χ1) is 5.02. The molecule has 2 nitrogen and oxygen atoms in total. The number of hydrogen-bond acceptors (Lipinski definition) is 3. The minimum atomic E-state index is -0.00421. The minimum absolute atomic E-state index is 0.00421. The van der Waals surface area contributed by atoms with Crippen molar-refractivity contribution in [2.45, 2.75) is 18.6 Å². The van der Waals surface area contributed by atoms with Crippen LogP contribution in [-0.4, -0.2) is 29.2 Å². The molecule has 0 aliphatic rings. The first kappa shape index (κ1) is 11.2. The lowest BCUT2D eigenvalue weighted by atomic mass is 10.2. The van der Waals surface area contributed by atoms with Gasteiger partial charge in [0.2, 0.25) is 5.91 Å². The van der Waals surface area contributed by atoms with Crippen molar-refractivity contribution in [3.63, 3.8) is 0 Å². The predicted molar refractivity (Wildman–Crippen MR) is 54.5 cm³/mol. The number of carbonyl (C=O) groups is 1. The zero-order chi connectivity index (χ0) is 8.91. The number of nitrogens with one attached hydrogen (secondary N) is 1. The molecule has 0 atom stereocenters. The molecule has 66 valence electrons. The molecule has 1 amide bonds. The van der Waals surface area contributed by atoms with Gasteiger partial charge in [-0.15, -0.1) is 0 Å². The van der Waals surface area contributed by atoms with Gasteiger partial charge in [0, 0.05) is 11.3 Å². The minimum Gasteiger partial charge on any atom is -0.354 e. The van der Waals surface area contributed by atoms with E-state index >= 15 is 0 Å². The highest BCUT2D eigenvalue weighted by Crippen LogP contribution is 2.19. The van der Waals surface area contributed by atoms with Crippen LogP contribution in [0.2, 0.25) is 0 Å². The lowest BCUT2D eigenvalue weighted by Crippen LogP contribution is -2.36. The van der Waals surface area contributed by atoms with Crippen molar-refractivity contribution >= 4 is 30.3 Å². The van der Waals surface area contributed by atoms with E-state index in [1.54, 1.807) is 11.8 Å². The van der Waals surface area contributed by atoms with Gasteiger partial charge in [0.25, 0.3) is 0 Å². The molecule has 0 fully saturated rings. The zero-order valence-electron chi connectivity index (χ0n) is 7.18. The summed E-state index contributed by atoms with van der Waals surface area (Å²) in [5.41, 5.74) is 0. The summed E-state index contributed by atoms with van der Waals surface area (Å²) in [5, 5.41) is 2.79. The predicted octanol–water partition coefficient (Wildman–Crippen LogP) is 1.17. The van der Waals surface area contributed by atoms with Crippen LogP contribution in [0.3, 0.4) is 0 Å². The van der Waals surface area contributed by atoms with Crippen LogP contribution in [0, 0.1) is 0 Å². The summed E-state index contributed by atoms with van der Waals surface area (Å²) >= 11 is 5.60. The normalized spacial score (nSPS) is 11.3. The van der Waals surface area contributed by atoms with Crippen molar-refractivity contribution in [1.29, 1.82) is 0 Å². The fraction of sp³-hybridized carbons (Fsp3) is 0.857. The molecule has 0 bridgehead atoms. The summed E-state index contributed by atoms with van der Waals surface area (Å²) in [6, 6.07) is 0. The molecular formula is C7H15NOS2. The van der Waals surface area contributed by atoms with Gasteiger partial charge < -0.3 is 5.32 Å². The number of thioether (sulfide) groups is 1. The Kier molecular flexibility index (Phi) is 5.01. The molecule has 0 aromatic rings. The Bertz CT molecular complexity index is 136. The topological polar surface area (TPSA) is 29.1 Å². The Balaban J connectivity index is 3.61. The van der Waals surface area contributed by atoms with Gasteiger partial charge in [-0.25, -0.2) is 0 Å². The molecule has 0 saturated heterocycles. The number of amides is 1. The van der Waals surface area contributed by atoms with Gasteiger partial charge in [-0.3, -0.25) is 4.79 Å². The third-order valence-corrected chi connectivity index (χ3v) is 2.94. The first-order valence-corrected chi connectivity index (χ1v) is 5.30. The second-order valence-electron chi connectivity index (χ2n) is 2.90. The van der Waals surface area contributed by atoms with E-state index in [9.17, 15) is 4.79 Å². The molecule has 0 aliphatic carbocycles. The quantitative estimate of drug-likeness (QED) is 0.656. The molecule has 0 saturated carbocycles. The van der Waals surface area contributed by atoms with Crippen molar-refractivity contribution < 1.29 is 4.79 Å². The molecule has 0 aromatic heterocycles. The van der Waals surface area contributed by atoms with Crippen LogP contribution in [0.25, 0.3) is 0 Å². The average Bonchev–Trinajstić information content (AvgIpc) is 2.00. The fourth-order valence-electron chi connectivity index (χ4n) is 0.440. The van der Waals surface area contributed by atoms with E-state index < -0.39 is 0 Å². The van der Waals surface area contributed by atoms with Gasteiger partial charge in [0.1, 0.15) is 0 Å². The molecule has 0 rings (SSSR count). The highest BCUT2D eigenvalue weighted by Gasteiger charge is 2.15. The number of carbonyl (C=O) groups excluding carboxylic acids is 1. The van der Waals surface area contributed by atoms with Crippen LogP contribution in [0.4, 0.5) is 0 Å². The van der Waals surface area contributed by atoms with Crippen LogP contribution in [0.15, 0.2) is 0 Å². The molecule has 0 aromatic carbocycles. The Morgan fingerprint density at radius 3 is 2.55 bits per heavy atom. The van der Waals surface area contributed by atoms with Crippen LogP contribution >= 0.6 is 24.4 Å². The second-order valence-corrected chi connectivity index (χ2v) is 4.73.